The molecule has 0 N–H and O–H groups in total. The monoisotopic (exact) mass is 494 g/mol. The molecule has 0 aromatic heterocycles. The number of hydrogen-bond acceptors (Lipinski definition) is 0. The van der Waals surface area contributed by atoms with E-state index in [1.165, 1.54) is 16.7 Å². The summed E-state index contributed by atoms with van der Waals surface area (Å²) < 4.78 is 2.52. The van der Waals surface area contributed by atoms with Crippen molar-refractivity contribution in [1.29, 1.82) is 0 Å². The van der Waals surface area contributed by atoms with Crippen LogP contribution < -0.4 is 0 Å². The van der Waals surface area contributed by atoms with Crippen molar-refractivity contribution in [2.24, 2.45) is 5.92 Å². The minimum absolute atomic E-state index is 0.363. The Kier molecular flexibility index (Phi) is 6.09. The van der Waals surface area contributed by atoms with Gasteiger partial charge in [0.2, 0.25) is 0 Å². The summed E-state index contributed by atoms with van der Waals surface area (Å²) in [7, 11) is 0. The normalized spacial score (nSPS) is 20.9. The molecular formula is C26H29ClSiZr. The van der Waals surface area contributed by atoms with Gasteiger partial charge < -0.3 is 0 Å². The van der Waals surface area contributed by atoms with Gasteiger partial charge in [-0.05, 0) is 0 Å². The van der Waals surface area contributed by atoms with E-state index in [1.54, 1.807) is 22.3 Å². The molecule has 0 saturated heterocycles. The van der Waals surface area contributed by atoms with Gasteiger partial charge in [0.25, 0.3) is 0 Å². The minimum atomic E-state index is -1.93. The molecule has 0 heterocycles. The molecule has 2 atom stereocenters. The fourth-order valence-electron chi connectivity index (χ4n) is 5.05. The summed E-state index contributed by atoms with van der Waals surface area (Å²) in [6.07, 6.45) is 2.62. The van der Waals surface area contributed by atoms with Crippen molar-refractivity contribution in [2.75, 3.05) is 0 Å². The quantitative estimate of drug-likeness (QED) is 0.379. The molecule has 148 valence electrons. The van der Waals surface area contributed by atoms with E-state index in [4.69, 9.17) is 11.6 Å². The Hall–Kier alpha value is -0.950. The maximum atomic E-state index is 6.35. The van der Waals surface area contributed by atoms with Crippen molar-refractivity contribution in [3.63, 3.8) is 0 Å². The van der Waals surface area contributed by atoms with E-state index in [0.29, 0.717) is 9.54 Å². The standard InChI is InChI=1S/C15H10Cl.C9H13.C2H6Si.Zr/c16-13-6-3-5-12(10-13)15-9-8-11-4-1-2-7-14(11)15;1-6-5-7(2)9(4)8(6)3;1-3-2;/h1-10H;6H,1-4H3;1-2H3;. The molecule has 2 aliphatic carbocycles. The molecule has 2 aromatic carbocycles. The topological polar surface area (TPSA) is 0 Å². The van der Waals surface area contributed by atoms with Gasteiger partial charge in [0.15, 0.2) is 0 Å². The van der Waals surface area contributed by atoms with Gasteiger partial charge >= 0.3 is 190 Å². The predicted octanol–water partition coefficient (Wildman–Crippen LogP) is 7.96. The van der Waals surface area contributed by atoms with Crippen molar-refractivity contribution in [2.45, 2.75) is 44.4 Å². The van der Waals surface area contributed by atoms with Crippen molar-refractivity contribution in [3.05, 3.63) is 96.3 Å². The van der Waals surface area contributed by atoms with Gasteiger partial charge in [0.05, 0.1) is 0 Å². The number of benzene rings is 2. The summed E-state index contributed by atoms with van der Waals surface area (Å²) in [5.41, 5.74) is 10.1. The average Bonchev–Trinajstić information content (AvgIpc) is 3.16. The van der Waals surface area contributed by atoms with E-state index in [-0.39, 0.29) is 5.43 Å². The van der Waals surface area contributed by atoms with Crippen molar-refractivity contribution < 1.29 is 20.4 Å². The Morgan fingerprint density at radius 1 is 0.931 bits per heavy atom. The summed E-state index contributed by atoms with van der Waals surface area (Å²) in [5, 5.41) is 0.817. The van der Waals surface area contributed by atoms with Crippen LogP contribution in [0.4, 0.5) is 0 Å². The summed E-state index contributed by atoms with van der Waals surface area (Å²) in [4.78, 5) is 0. The molecule has 0 radical (unpaired) electrons. The third-order valence-corrected chi connectivity index (χ3v) is 25.6. The van der Waals surface area contributed by atoms with E-state index >= 15 is 0 Å². The summed E-state index contributed by atoms with van der Waals surface area (Å²) in [6.45, 7) is 14.7. The van der Waals surface area contributed by atoms with Crippen LogP contribution in [0.25, 0.3) is 5.57 Å². The third-order valence-electron chi connectivity index (χ3n) is 6.84. The SMILES string of the molecule is CC1=C(C)C(C)[C]([Zr]([CH]2C=C(c3cccc(Cl)c3)c3ccccc32)=[Si](C)C)=C1C. The molecule has 0 nitrogen and oxygen atoms in total. The molecule has 0 saturated carbocycles. The number of fused-ring (bicyclic) bond motifs is 1. The van der Waals surface area contributed by atoms with Crippen molar-refractivity contribution in [1.82, 2.24) is 0 Å². The Balaban J connectivity index is 1.91. The van der Waals surface area contributed by atoms with Gasteiger partial charge in [0.1, 0.15) is 0 Å². The molecule has 4 rings (SSSR count). The Labute approximate surface area is 188 Å². The van der Waals surface area contributed by atoms with E-state index < -0.39 is 20.4 Å². The first-order valence-corrected chi connectivity index (χ1v) is 19.7. The molecular weight excluding hydrogens is 467 g/mol. The molecule has 2 unspecified atom stereocenters. The van der Waals surface area contributed by atoms with Crippen LogP contribution in [0.1, 0.15) is 48.0 Å². The van der Waals surface area contributed by atoms with E-state index in [1.807, 2.05) is 9.35 Å². The zero-order valence-corrected chi connectivity index (χ0v) is 22.4. The van der Waals surface area contributed by atoms with E-state index in [2.05, 4.69) is 89.3 Å². The van der Waals surface area contributed by atoms with Crippen molar-refractivity contribution >= 4 is 22.6 Å². The van der Waals surface area contributed by atoms with Crippen LogP contribution in [0.15, 0.2) is 74.6 Å². The first-order valence-electron chi connectivity index (χ1n) is 10.4. The summed E-state index contributed by atoms with van der Waals surface area (Å²) in [6, 6.07) is 17.5. The molecule has 3 heteroatoms. The van der Waals surface area contributed by atoms with E-state index in [0.717, 1.165) is 5.02 Å². The summed E-state index contributed by atoms with van der Waals surface area (Å²) >= 11 is 4.42. The molecule has 0 bridgehead atoms. The fourth-order valence-corrected chi connectivity index (χ4v) is 24.9. The number of hydrogen-bond donors (Lipinski definition) is 0. The Morgan fingerprint density at radius 3 is 2.28 bits per heavy atom. The molecule has 0 fully saturated rings. The fraction of sp³-hybridized carbons (Fsp3) is 0.308. The third kappa shape index (κ3) is 3.67. The maximum absolute atomic E-state index is 6.35. The number of allylic oxidation sites excluding steroid dienone is 5. The van der Waals surface area contributed by atoms with Crippen LogP contribution in [0, 0.1) is 5.92 Å². The Morgan fingerprint density at radius 2 is 1.66 bits per heavy atom. The second-order valence-corrected chi connectivity index (χ2v) is 26.5. The second-order valence-electron chi connectivity index (χ2n) is 8.64. The van der Waals surface area contributed by atoms with Crippen LogP contribution in [-0.2, 0) is 20.4 Å². The first kappa shape index (κ1) is 21.3. The molecule has 29 heavy (non-hydrogen) atoms. The van der Waals surface area contributed by atoms with Gasteiger partial charge in [-0.15, -0.1) is 0 Å². The van der Waals surface area contributed by atoms with Crippen molar-refractivity contribution in [3.8, 4) is 0 Å². The average molecular weight is 496 g/mol. The molecule has 0 amide bonds. The van der Waals surface area contributed by atoms with Gasteiger partial charge in [-0.3, -0.25) is 0 Å². The zero-order chi connectivity index (χ0) is 20.9. The molecule has 2 aliphatic rings. The van der Waals surface area contributed by atoms with E-state index in [9.17, 15) is 0 Å². The summed E-state index contributed by atoms with van der Waals surface area (Å²) in [5.74, 6) is 0.639. The van der Waals surface area contributed by atoms with Gasteiger partial charge in [-0.2, -0.15) is 0 Å². The van der Waals surface area contributed by atoms with Crippen LogP contribution in [0.2, 0.25) is 18.1 Å². The van der Waals surface area contributed by atoms with Gasteiger partial charge in [0, 0.05) is 0 Å². The van der Waals surface area contributed by atoms with Crippen LogP contribution in [0.3, 0.4) is 0 Å². The molecule has 2 aromatic rings. The number of rotatable bonds is 3. The van der Waals surface area contributed by atoms with Crippen LogP contribution in [0.5, 0.6) is 0 Å². The number of halogens is 1. The predicted molar refractivity (Wildman–Crippen MR) is 125 cm³/mol. The zero-order valence-electron chi connectivity index (χ0n) is 18.2. The van der Waals surface area contributed by atoms with Gasteiger partial charge in [-0.1, -0.05) is 0 Å². The molecule has 0 spiro atoms. The van der Waals surface area contributed by atoms with Gasteiger partial charge in [-0.25, -0.2) is 0 Å². The van der Waals surface area contributed by atoms with Crippen LogP contribution >= 0.6 is 11.6 Å². The van der Waals surface area contributed by atoms with Crippen LogP contribution in [-0.4, -0.2) is 5.43 Å². The molecule has 0 aliphatic heterocycles. The second kappa shape index (κ2) is 8.29. The first-order chi connectivity index (χ1) is 13.8. The Bertz CT molecular complexity index is 1130.